The second-order valence-electron chi connectivity index (χ2n) is 4.60. The van der Waals surface area contributed by atoms with E-state index in [0.717, 1.165) is 17.5 Å². The van der Waals surface area contributed by atoms with E-state index in [0.29, 0.717) is 5.15 Å². The number of aromatic nitrogens is 2. The van der Waals surface area contributed by atoms with Crippen molar-refractivity contribution in [3.63, 3.8) is 0 Å². The van der Waals surface area contributed by atoms with Gasteiger partial charge in [0.05, 0.1) is 0 Å². The van der Waals surface area contributed by atoms with E-state index in [2.05, 4.69) is 28.7 Å². The number of thioether (sulfide) groups is 1. The van der Waals surface area contributed by atoms with Crippen LogP contribution in [-0.4, -0.2) is 28.3 Å². The Morgan fingerprint density at radius 3 is 2.75 bits per heavy atom. The molecule has 0 aliphatic carbocycles. The lowest BCUT2D eigenvalue weighted by molar-refractivity contribution is 0.512. The van der Waals surface area contributed by atoms with Gasteiger partial charge < -0.3 is 4.90 Å². The molecule has 0 amide bonds. The summed E-state index contributed by atoms with van der Waals surface area (Å²) in [5, 5.41) is 1.27. The van der Waals surface area contributed by atoms with Gasteiger partial charge in [-0.2, -0.15) is 0 Å². The Balaban J connectivity index is 2.36. The molecule has 0 saturated carbocycles. The van der Waals surface area contributed by atoms with Crippen LogP contribution >= 0.6 is 23.4 Å². The van der Waals surface area contributed by atoms with Crippen molar-refractivity contribution < 1.29 is 0 Å². The fraction of sp³-hybridized carbons (Fsp3) is 0.636. The number of anilines is 1. The molecule has 0 atom stereocenters. The number of halogens is 1. The largest absolute Gasteiger partial charge is 0.351 e. The molecule has 2 rings (SSSR count). The number of hydrogen-bond donors (Lipinski definition) is 0. The van der Waals surface area contributed by atoms with Crippen LogP contribution in [0.3, 0.4) is 0 Å². The standard InChI is InChI=1S/C11H16ClN3S/c1-11(2)5-4-6-15(11)9-7-8(12)13-10(14-9)16-3/h7H,4-6H2,1-3H3. The first kappa shape index (κ1) is 12.0. The summed E-state index contributed by atoms with van der Waals surface area (Å²) < 4.78 is 0. The molecule has 0 spiro atoms. The molecular weight excluding hydrogens is 242 g/mol. The maximum atomic E-state index is 6.01. The van der Waals surface area contributed by atoms with Gasteiger partial charge in [0.2, 0.25) is 0 Å². The van der Waals surface area contributed by atoms with Gasteiger partial charge in [0, 0.05) is 18.2 Å². The van der Waals surface area contributed by atoms with Crippen molar-refractivity contribution in [1.29, 1.82) is 0 Å². The molecule has 1 aromatic rings. The second kappa shape index (κ2) is 4.41. The van der Waals surface area contributed by atoms with Crippen LogP contribution in [0.25, 0.3) is 0 Å². The molecule has 1 fully saturated rings. The topological polar surface area (TPSA) is 29.0 Å². The number of hydrogen-bond acceptors (Lipinski definition) is 4. The third-order valence-corrected chi connectivity index (χ3v) is 3.76. The normalized spacial score (nSPS) is 19.1. The zero-order valence-corrected chi connectivity index (χ0v) is 11.4. The van der Waals surface area contributed by atoms with Crippen molar-refractivity contribution in [2.24, 2.45) is 0 Å². The molecule has 88 valence electrons. The summed E-state index contributed by atoms with van der Waals surface area (Å²) >= 11 is 7.53. The highest BCUT2D eigenvalue weighted by Gasteiger charge is 2.33. The summed E-state index contributed by atoms with van der Waals surface area (Å²) in [7, 11) is 0. The Kier molecular flexibility index (Phi) is 3.31. The smallest absolute Gasteiger partial charge is 0.190 e. The van der Waals surface area contributed by atoms with Crippen LogP contribution < -0.4 is 4.90 Å². The maximum Gasteiger partial charge on any atom is 0.190 e. The summed E-state index contributed by atoms with van der Waals surface area (Å²) in [5.41, 5.74) is 0.174. The molecule has 0 radical (unpaired) electrons. The molecule has 0 N–H and O–H groups in total. The van der Waals surface area contributed by atoms with Crippen molar-refractivity contribution in [2.45, 2.75) is 37.4 Å². The van der Waals surface area contributed by atoms with Crippen molar-refractivity contribution in [1.82, 2.24) is 9.97 Å². The first-order valence-corrected chi connectivity index (χ1v) is 6.99. The van der Waals surface area contributed by atoms with E-state index in [4.69, 9.17) is 11.6 Å². The first-order valence-electron chi connectivity index (χ1n) is 5.39. The molecule has 0 unspecified atom stereocenters. The van der Waals surface area contributed by atoms with Gasteiger partial charge in [-0.25, -0.2) is 9.97 Å². The summed E-state index contributed by atoms with van der Waals surface area (Å²) in [6.45, 7) is 5.54. The highest BCUT2D eigenvalue weighted by atomic mass is 35.5. The summed E-state index contributed by atoms with van der Waals surface area (Å²) in [4.78, 5) is 11.0. The lowest BCUT2D eigenvalue weighted by Crippen LogP contribution is -2.38. The number of nitrogens with zero attached hydrogens (tertiary/aromatic N) is 3. The summed E-state index contributed by atoms with van der Waals surface area (Å²) in [6, 6.07) is 1.86. The van der Waals surface area contributed by atoms with E-state index in [1.165, 1.54) is 24.6 Å². The third kappa shape index (κ3) is 2.28. The van der Waals surface area contributed by atoms with E-state index in [-0.39, 0.29) is 5.54 Å². The molecule has 1 aromatic heterocycles. The number of rotatable bonds is 2. The second-order valence-corrected chi connectivity index (χ2v) is 5.76. The van der Waals surface area contributed by atoms with Crippen LogP contribution in [0, 0.1) is 0 Å². The van der Waals surface area contributed by atoms with E-state index >= 15 is 0 Å². The first-order chi connectivity index (χ1) is 7.53. The minimum Gasteiger partial charge on any atom is -0.351 e. The van der Waals surface area contributed by atoms with Crippen LogP contribution in [0.2, 0.25) is 5.15 Å². The molecular formula is C11H16ClN3S. The van der Waals surface area contributed by atoms with Gasteiger partial charge in [-0.3, -0.25) is 0 Å². The third-order valence-electron chi connectivity index (χ3n) is 3.02. The quantitative estimate of drug-likeness (QED) is 0.462. The monoisotopic (exact) mass is 257 g/mol. The molecule has 0 aromatic carbocycles. The average molecular weight is 258 g/mol. The lowest BCUT2D eigenvalue weighted by atomic mass is 10.0. The van der Waals surface area contributed by atoms with Crippen LogP contribution in [0.15, 0.2) is 11.2 Å². The van der Waals surface area contributed by atoms with Gasteiger partial charge in [0.15, 0.2) is 5.16 Å². The van der Waals surface area contributed by atoms with Crippen LogP contribution in [-0.2, 0) is 0 Å². The molecule has 5 heteroatoms. The van der Waals surface area contributed by atoms with Crippen molar-refractivity contribution >= 4 is 29.2 Å². The van der Waals surface area contributed by atoms with E-state index in [9.17, 15) is 0 Å². The molecule has 1 aliphatic heterocycles. The van der Waals surface area contributed by atoms with Gasteiger partial charge in [0.25, 0.3) is 0 Å². The molecule has 2 heterocycles. The van der Waals surface area contributed by atoms with Gasteiger partial charge in [0.1, 0.15) is 11.0 Å². The summed E-state index contributed by atoms with van der Waals surface area (Å²) in [5.74, 6) is 0.951. The molecule has 3 nitrogen and oxygen atoms in total. The Morgan fingerprint density at radius 2 is 2.19 bits per heavy atom. The average Bonchev–Trinajstić information content (AvgIpc) is 2.57. The molecule has 1 aliphatic rings. The van der Waals surface area contributed by atoms with Crippen LogP contribution in [0.4, 0.5) is 5.82 Å². The van der Waals surface area contributed by atoms with Gasteiger partial charge >= 0.3 is 0 Å². The zero-order valence-electron chi connectivity index (χ0n) is 9.83. The fourth-order valence-corrected chi connectivity index (χ4v) is 2.75. The van der Waals surface area contributed by atoms with Gasteiger partial charge in [-0.1, -0.05) is 23.4 Å². The molecule has 16 heavy (non-hydrogen) atoms. The summed E-state index contributed by atoms with van der Waals surface area (Å²) in [6.07, 6.45) is 4.37. The Morgan fingerprint density at radius 1 is 1.44 bits per heavy atom. The Bertz CT molecular complexity index is 395. The van der Waals surface area contributed by atoms with Gasteiger partial charge in [-0.15, -0.1) is 0 Å². The van der Waals surface area contributed by atoms with E-state index < -0.39 is 0 Å². The van der Waals surface area contributed by atoms with E-state index in [1.807, 2.05) is 12.3 Å². The van der Waals surface area contributed by atoms with Crippen molar-refractivity contribution in [2.75, 3.05) is 17.7 Å². The Hall–Kier alpha value is -0.480. The lowest BCUT2D eigenvalue weighted by Gasteiger charge is -2.32. The minimum atomic E-state index is 0.174. The predicted molar refractivity (Wildman–Crippen MR) is 69.5 cm³/mol. The maximum absolute atomic E-state index is 6.01. The SMILES string of the molecule is CSc1nc(Cl)cc(N2CCCC2(C)C)n1. The van der Waals surface area contributed by atoms with Crippen LogP contribution in [0.5, 0.6) is 0 Å². The fourth-order valence-electron chi connectivity index (χ4n) is 2.15. The highest BCUT2D eigenvalue weighted by molar-refractivity contribution is 7.98. The van der Waals surface area contributed by atoms with Gasteiger partial charge in [-0.05, 0) is 32.9 Å². The van der Waals surface area contributed by atoms with E-state index in [1.54, 1.807) is 0 Å². The minimum absolute atomic E-state index is 0.174. The highest BCUT2D eigenvalue weighted by Crippen LogP contribution is 2.33. The zero-order chi connectivity index (χ0) is 11.8. The molecule has 1 saturated heterocycles. The van der Waals surface area contributed by atoms with Crippen molar-refractivity contribution in [3.8, 4) is 0 Å². The predicted octanol–water partition coefficient (Wildman–Crippen LogP) is 3.23. The molecule has 0 bridgehead atoms. The van der Waals surface area contributed by atoms with Crippen molar-refractivity contribution in [3.05, 3.63) is 11.2 Å². The Labute approximate surface area is 106 Å². The van der Waals surface area contributed by atoms with Crippen LogP contribution in [0.1, 0.15) is 26.7 Å².